The Labute approximate surface area is 100 Å². The van der Waals surface area contributed by atoms with Gasteiger partial charge in [-0.05, 0) is 37.5 Å². The number of nitrogens with zero attached hydrogens (tertiary/aromatic N) is 1. The average Bonchev–Trinajstić information content (AvgIpc) is 2.54. The van der Waals surface area contributed by atoms with Crippen LogP contribution in [0.3, 0.4) is 0 Å². The van der Waals surface area contributed by atoms with E-state index in [-0.39, 0.29) is 11.3 Å². The maximum absolute atomic E-state index is 11.8. The van der Waals surface area contributed by atoms with E-state index in [1.54, 1.807) is 4.90 Å². The van der Waals surface area contributed by atoms with Crippen molar-refractivity contribution in [3.05, 3.63) is 23.3 Å². The van der Waals surface area contributed by atoms with Crippen molar-refractivity contribution in [2.45, 2.75) is 25.6 Å². The molecule has 1 saturated heterocycles. The molecule has 1 heterocycles. The van der Waals surface area contributed by atoms with Crippen LogP contribution in [0.1, 0.15) is 17.5 Å². The molecule has 1 aromatic carbocycles. The lowest BCUT2D eigenvalue weighted by atomic mass is 10.1. The van der Waals surface area contributed by atoms with Crippen LogP contribution in [0.25, 0.3) is 0 Å². The molecule has 1 amide bonds. The van der Waals surface area contributed by atoms with Crippen molar-refractivity contribution in [2.24, 2.45) is 0 Å². The highest BCUT2D eigenvalue weighted by Gasteiger charge is 2.31. The van der Waals surface area contributed by atoms with Gasteiger partial charge in [-0.2, -0.15) is 0 Å². The van der Waals surface area contributed by atoms with Gasteiger partial charge in [0.05, 0.1) is 0 Å². The minimum absolute atomic E-state index is 0.0204. The molecule has 1 aliphatic rings. The van der Waals surface area contributed by atoms with Gasteiger partial charge >= 0.3 is 0 Å². The number of hydrogen-bond acceptors (Lipinski definition) is 2. The molecular weight excluding hydrogens is 224 g/mol. The van der Waals surface area contributed by atoms with E-state index in [9.17, 15) is 4.79 Å². The van der Waals surface area contributed by atoms with Crippen molar-refractivity contribution in [1.82, 2.24) is 0 Å². The number of nitrogens with two attached hydrogens (primary N) is 1. The second kappa shape index (κ2) is 3.98. The zero-order valence-corrected chi connectivity index (χ0v) is 10.2. The SMILES string of the molecule is Cc1cc(C)c(N2CCC(Cl)C2=O)cc1N. The van der Waals surface area contributed by atoms with Gasteiger partial charge in [-0.25, -0.2) is 0 Å². The maximum atomic E-state index is 11.8. The first-order chi connectivity index (χ1) is 7.50. The van der Waals surface area contributed by atoms with Gasteiger partial charge in [-0.1, -0.05) is 6.07 Å². The Morgan fingerprint density at radius 1 is 1.38 bits per heavy atom. The third kappa shape index (κ3) is 1.76. The van der Waals surface area contributed by atoms with Crippen molar-refractivity contribution in [3.63, 3.8) is 0 Å². The van der Waals surface area contributed by atoms with E-state index in [0.717, 1.165) is 16.8 Å². The number of halogens is 1. The highest BCUT2D eigenvalue weighted by molar-refractivity contribution is 6.33. The van der Waals surface area contributed by atoms with Crippen molar-refractivity contribution in [3.8, 4) is 0 Å². The van der Waals surface area contributed by atoms with Crippen LogP contribution in [-0.4, -0.2) is 17.8 Å². The zero-order chi connectivity index (χ0) is 11.9. The molecule has 1 atom stereocenters. The van der Waals surface area contributed by atoms with Gasteiger partial charge in [0.25, 0.3) is 0 Å². The summed E-state index contributed by atoms with van der Waals surface area (Å²) < 4.78 is 0. The number of carbonyl (C=O) groups is 1. The van der Waals surface area contributed by atoms with E-state index in [1.807, 2.05) is 26.0 Å². The highest BCUT2D eigenvalue weighted by atomic mass is 35.5. The van der Waals surface area contributed by atoms with E-state index < -0.39 is 0 Å². The molecule has 86 valence electrons. The van der Waals surface area contributed by atoms with Gasteiger partial charge in [0.15, 0.2) is 0 Å². The zero-order valence-electron chi connectivity index (χ0n) is 9.46. The Bertz CT molecular complexity index is 445. The molecule has 1 aromatic rings. The number of aryl methyl sites for hydroxylation is 2. The fourth-order valence-electron chi connectivity index (χ4n) is 2.03. The molecule has 0 bridgehead atoms. The van der Waals surface area contributed by atoms with Crippen LogP contribution in [-0.2, 0) is 4.79 Å². The van der Waals surface area contributed by atoms with Gasteiger partial charge in [-0.3, -0.25) is 4.79 Å². The summed E-state index contributed by atoms with van der Waals surface area (Å²) in [5.41, 5.74) is 9.56. The molecule has 1 fully saturated rings. The molecule has 3 nitrogen and oxygen atoms in total. The molecule has 1 aliphatic heterocycles. The molecule has 16 heavy (non-hydrogen) atoms. The lowest BCUT2D eigenvalue weighted by molar-refractivity contribution is -0.116. The average molecular weight is 239 g/mol. The predicted molar refractivity (Wildman–Crippen MR) is 66.9 cm³/mol. The molecule has 2 N–H and O–H groups in total. The van der Waals surface area contributed by atoms with Crippen LogP contribution >= 0.6 is 11.6 Å². The van der Waals surface area contributed by atoms with Gasteiger partial charge in [0.1, 0.15) is 5.38 Å². The van der Waals surface area contributed by atoms with Crippen molar-refractivity contribution in [1.29, 1.82) is 0 Å². The minimum Gasteiger partial charge on any atom is -0.398 e. The Morgan fingerprint density at radius 3 is 2.62 bits per heavy atom. The number of alkyl halides is 1. The van der Waals surface area contributed by atoms with Crippen LogP contribution < -0.4 is 10.6 Å². The van der Waals surface area contributed by atoms with E-state index in [2.05, 4.69) is 0 Å². The normalized spacial score (nSPS) is 20.6. The van der Waals surface area contributed by atoms with Gasteiger partial charge in [0.2, 0.25) is 5.91 Å². The van der Waals surface area contributed by atoms with E-state index in [1.165, 1.54) is 0 Å². The maximum Gasteiger partial charge on any atom is 0.245 e. The van der Waals surface area contributed by atoms with Crippen LogP contribution in [0.4, 0.5) is 11.4 Å². The molecule has 0 radical (unpaired) electrons. The number of carbonyl (C=O) groups excluding carboxylic acids is 1. The number of rotatable bonds is 1. The van der Waals surface area contributed by atoms with Crippen molar-refractivity contribution in [2.75, 3.05) is 17.2 Å². The quantitative estimate of drug-likeness (QED) is 0.603. The molecule has 0 aliphatic carbocycles. The summed E-state index contributed by atoms with van der Waals surface area (Å²) >= 11 is 5.91. The molecule has 0 saturated carbocycles. The fraction of sp³-hybridized carbons (Fsp3) is 0.417. The van der Waals surface area contributed by atoms with Crippen LogP contribution in [0.2, 0.25) is 0 Å². The first-order valence-electron chi connectivity index (χ1n) is 5.33. The number of amides is 1. The van der Waals surface area contributed by atoms with Crippen LogP contribution in [0.15, 0.2) is 12.1 Å². The third-order valence-electron chi connectivity index (χ3n) is 3.02. The summed E-state index contributed by atoms with van der Waals surface area (Å²) in [5, 5.41) is -0.387. The second-order valence-electron chi connectivity index (χ2n) is 4.24. The largest absolute Gasteiger partial charge is 0.398 e. The van der Waals surface area contributed by atoms with Gasteiger partial charge < -0.3 is 10.6 Å². The fourth-order valence-corrected chi connectivity index (χ4v) is 2.25. The van der Waals surface area contributed by atoms with Gasteiger partial charge in [-0.15, -0.1) is 11.6 Å². The monoisotopic (exact) mass is 238 g/mol. The molecule has 0 spiro atoms. The number of hydrogen-bond donors (Lipinski definition) is 1. The Morgan fingerprint density at radius 2 is 2.06 bits per heavy atom. The molecule has 0 aromatic heterocycles. The first-order valence-corrected chi connectivity index (χ1v) is 5.76. The first kappa shape index (κ1) is 11.3. The number of anilines is 2. The van der Waals surface area contributed by atoms with Crippen molar-refractivity contribution >= 4 is 28.9 Å². The highest BCUT2D eigenvalue weighted by Crippen LogP contribution is 2.30. The summed E-state index contributed by atoms with van der Waals surface area (Å²) in [6, 6.07) is 3.86. The molecule has 2 rings (SSSR count). The molecule has 4 heteroatoms. The standard InChI is InChI=1S/C12H15ClN2O/c1-7-5-8(2)11(6-10(7)14)15-4-3-9(13)12(15)16/h5-6,9H,3-4,14H2,1-2H3. The lowest BCUT2D eigenvalue weighted by Gasteiger charge is -2.19. The summed E-state index contributed by atoms with van der Waals surface area (Å²) in [4.78, 5) is 13.5. The van der Waals surface area contributed by atoms with E-state index in [0.29, 0.717) is 18.7 Å². The van der Waals surface area contributed by atoms with E-state index in [4.69, 9.17) is 17.3 Å². The summed E-state index contributed by atoms with van der Waals surface area (Å²) in [7, 11) is 0. The van der Waals surface area contributed by atoms with E-state index >= 15 is 0 Å². The lowest BCUT2D eigenvalue weighted by Crippen LogP contribution is -2.28. The number of benzene rings is 1. The van der Waals surface area contributed by atoms with Crippen LogP contribution in [0.5, 0.6) is 0 Å². The third-order valence-corrected chi connectivity index (χ3v) is 3.42. The Kier molecular flexibility index (Phi) is 2.80. The molecular formula is C12H15ClN2O. The van der Waals surface area contributed by atoms with Gasteiger partial charge in [0, 0.05) is 17.9 Å². The summed E-state index contributed by atoms with van der Waals surface area (Å²) in [6.07, 6.45) is 0.702. The minimum atomic E-state index is -0.387. The molecule has 1 unspecified atom stereocenters. The summed E-state index contributed by atoms with van der Waals surface area (Å²) in [5.74, 6) is -0.0204. The number of nitrogen functional groups attached to an aromatic ring is 1. The summed E-state index contributed by atoms with van der Waals surface area (Å²) in [6.45, 7) is 4.62. The second-order valence-corrected chi connectivity index (χ2v) is 4.77. The Balaban J connectivity index is 2.41. The van der Waals surface area contributed by atoms with Crippen LogP contribution in [0, 0.1) is 13.8 Å². The predicted octanol–water partition coefficient (Wildman–Crippen LogP) is 2.23. The Hall–Kier alpha value is -1.22. The van der Waals surface area contributed by atoms with Crippen molar-refractivity contribution < 1.29 is 4.79 Å². The smallest absolute Gasteiger partial charge is 0.245 e. The topological polar surface area (TPSA) is 46.3 Å².